The molecule has 0 aromatic heterocycles. The van der Waals surface area contributed by atoms with Crippen LogP contribution < -0.4 is 0 Å². The van der Waals surface area contributed by atoms with Crippen LogP contribution in [0, 0.1) is 88.8 Å². The van der Waals surface area contributed by atoms with E-state index in [4.69, 9.17) is 14.2 Å². The predicted octanol–water partition coefficient (Wildman–Crippen LogP) is 21.1. The second kappa shape index (κ2) is 35.7. The summed E-state index contributed by atoms with van der Waals surface area (Å²) in [4.78, 5) is 25.1. The van der Waals surface area contributed by atoms with Crippen LogP contribution in [0.2, 0.25) is 0 Å². The first-order valence-corrected chi connectivity index (χ1v) is 34.5. The van der Waals surface area contributed by atoms with Crippen LogP contribution in [0.1, 0.15) is 298 Å². The highest BCUT2D eigenvalue weighted by Crippen LogP contribution is 2.62. The number of hydrogen-bond donors (Lipinski definition) is 0. The van der Waals surface area contributed by atoms with Gasteiger partial charge in [0.15, 0.2) is 0 Å². The molecular weight excluding hydrogens is 945 g/mol. The van der Waals surface area contributed by atoms with E-state index in [1.54, 1.807) is 6.92 Å². The van der Waals surface area contributed by atoms with Crippen LogP contribution in [-0.4, -0.2) is 31.8 Å². The molecule has 0 spiro atoms. The molecule has 0 saturated heterocycles. The standard InChI is InChI=1S/C72H124O5/c1-9-13-15-17-23-29-35-60-42-41-59(34-28-16-14-10-2)64(36-30-24-19-18-22-27-33-55(8)75-50-57-45-67-61-48-63(52-77-72(74)53(5)6)69(49-61)70(67)46-57)65(60)37-31-25-20-21-26-32-38-71(73)76-51-62-47-58(12-4)66-43-56(44-68(62)66)40-39-54(7)11-3/h56-70H,5,7-52H2,1-4,6H3. The maximum atomic E-state index is 13.0. The fourth-order valence-electron chi connectivity index (χ4n) is 18.0. The molecule has 442 valence electrons. The molecule has 6 aliphatic rings. The maximum Gasteiger partial charge on any atom is 0.333 e. The van der Waals surface area contributed by atoms with Gasteiger partial charge in [-0.2, -0.15) is 0 Å². The maximum absolute atomic E-state index is 13.0. The van der Waals surface area contributed by atoms with Crippen LogP contribution >= 0.6 is 0 Å². The molecule has 77 heavy (non-hydrogen) atoms. The molecule has 15 unspecified atom stereocenters. The van der Waals surface area contributed by atoms with Gasteiger partial charge in [0.05, 0.1) is 25.6 Å². The Morgan fingerprint density at radius 3 is 1.51 bits per heavy atom. The smallest absolute Gasteiger partial charge is 0.333 e. The highest BCUT2D eigenvalue weighted by Gasteiger charge is 2.56. The van der Waals surface area contributed by atoms with E-state index in [1.165, 1.54) is 243 Å². The van der Waals surface area contributed by atoms with Crippen molar-refractivity contribution in [2.24, 2.45) is 88.8 Å². The molecule has 6 aliphatic carbocycles. The number of ether oxygens (including phenoxy) is 3. The van der Waals surface area contributed by atoms with Gasteiger partial charge in [-0.25, -0.2) is 4.79 Å². The molecule has 0 aliphatic heterocycles. The first kappa shape index (κ1) is 64.1. The number of allylic oxidation sites excluding steroid dienone is 2. The summed E-state index contributed by atoms with van der Waals surface area (Å²) in [5, 5.41) is 0. The molecule has 6 fully saturated rings. The van der Waals surface area contributed by atoms with E-state index in [9.17, 15) is 9.59 Å². The molecule has 0 N–H and O–H groups in total. The lowest BCUT2D eigenvalue weighted by Gasteiger charge is -2.44. The molecule has 6 rings (SSSR count). The third kappa shape index (κ3) is 21.0. The summed E-state index contributed by atoms with van der Waals surface area (Å²) in [5.41, 5.74) is 1.92. The number of unbranched alkanes of at least 4 members (excludes halogenated alkanes) is 18. The minimum absolute atomic E-state index is 0.0633. The lowest BCUT2D eigenvalue weighted by Crippen LogP contribution is -2.35. The number of carbonyl (C=O) groups excluding carboxylic acids is 2. The minimum atomic E-state index is -0.227. The monoisotopic (exact) mass is 1070 g/mol. The van der Waals surface area contributed by atoms with Gasteiger partial charge in [0, 0.05) is 18.4 Å². The van der Waals surface area contributed by atoms with Crippen molar-refractivity contribution in [1.82, 2.24) is 0 Å². The fraction of sp³-hybridized carbons (Fsp3) is 0.889. The third-order valence-corrected chi connectivity index (χ3v) is 22.4. The molecule has 0 aromatic carbocycles. The average molecular weight is 1070 g/mol. The molecule has 6 saturated carbocycles. The Morgan fingerprint density at radius 2 is 0.909 bits per heavy atom. The second-order valence-electron chi connectivity index (χ2n) is 27.9. The van der Waals surface area contributed by atoms with Gasteiger partial charge in [-0.05, 0) is 198 Å². The van der Waals surface area contributed by atoms with Gasteiger partial charge in [-0.3, -0.25) is 4.79 Å². The lowest BCUT2D eigenvalue weighted by molar-refractivity contribution is -0.145. The van der Waals surface area contributed by atoms with Gasteiger partial charge in [-0.1, -0.05) is 201 Å². The number of hydrogen-bond acceptors (Lipinski definition) is 5. The van der Waals surface area contributed by atoms with Gasteiger partial charge in [0.2, 0.25) is 0 Å². The van der Waals surface area contributed by atoms with Gasteiger partial charge in [0.25, 0.3) is 0 Å². The number of rotatable bonds is 43. The van der Waals surface area contributed by atoms with Crippen LogP contribution in [0.3, 0.4) is 0 Å². The van der Waals surface area contributed by atoms with Crippen molar-refractivity contribution in [2.45, 2.75) is 298 Å². The van der Waals surface area contributed by atoms with E-state index >= 15 is 0 Å². The van der Waals surface area contributed by atoms with Crippen LogP contribution in [0.4, 0.5) is 0 Å². The van der Waals surface area contributed by atoms with Crippen molar-refractivity contribution in [2.75, 3.05) is 19.8 Å². The number of carbonyl (C=O) groups is 2. The van der Waals surface area contributed by atoms with Crippen molar-refractivity contribution in [3.05, 3.63) is 36.6 Å². The zero-order valence-electron chi connectivity index (χ0n) is 51.4. The minimum Gasteiger partial charge on any atom is -0.498 e. The Morgan fingerprint density at radius 1 is 0.416 bits per heavy atom. The molecular formula is C72H124O5. The quantitative estimate of drug-likeness (QED) is 0.0200. The Kier molecular flexibility index (Phi) is 29.8. The lowest BCUT2D eigenvalue weighted by atomic mass is 9.61. The second-order valence-corrected chi connectivity index (χ2v) is 27.9. The first-order chi connectivity index (χ1) is 37.5. The van der Waals surface area contributed by atoms with Crippen molar-refractivity contribution >= 4 is 11.9 Å². The number of fused-ring (bicyclic) bond motifs is 6. The zero-order valence-corrected chi connectivity index (χ0v) is 51.4. The Labute approximate surface area is 476 Å². The molecule has 5 nitrogen and oxygen atoms in total. The largest absolute Gasteiger partial charge is 0.498 e. The van der Waals surface area contributed by atoms with Crippen LogP contribution in [0.25, 0.3) is 0 Å². The van der Waals surface area contributed by atoms with E-state index in [2.05, 4.69) is 47.4 Å². The van der Waals surface area contributed by atoms with E-state index in [0.29, 0.717) is 43.0 Å². The topological polar surface area (TPSA) is 61.8 Å². The molecule has 0 radical (unpaired) electrons. The highest BCUT2D eigenvalue weighted by atomic mass is 16.5. The summed E-state index contributed by atoms with van der Waals surface area (Å²) < 4.78 is 18.0. The SMILES string of the molecule is C=C(CC)CCC1CC2C(CC)CC(COC(=O)CCCCCCCCC3C(CCCCCCCC)CCC(CCCCCC)C3CCCCCCCCC(=C)OCC3CC4C5CC(COC(=O)C(=C)C)C(C5)C4C3)C2C1. The van der Waals surface area contributed by atoms with Crippen LogP contribution in [-0.2, 0) is 23.8 Å². The molecule has 5 heteroatoms. The van der Waals surface area contributed by atoms with E-state index < -0.39 is 0 Å². The Hall–Kier alpha value is -2.04. The first-order valence-electron chi connectivity index (χ1n) is 34.5. The van der Waals surface area contributed by atoms with Gasteiger partial charge < -0.3 is 14.2 Å². The van der Waals surface area contributed by atoms with Crippen LogP contribution in [0.15, 0.2) is 36.6 Å². The van der Waals surface area contributed by atoms with Gasteiger partial charge >= 0.3 is 11.9 Å². The van der Waals surface area contributed by atoms with E-state index in [1.807, 2.05) is 0 Å². The van der Waals surface area contributed by atoms with E-state index in [-0.39, 0.29) is 11.9 Å². The fourth-order valence-corrected chi connectivity index (χ4v) is 18.0. The Bertz CT molecular complexity index is 1700. The van der Waals surface area contributed by atoms with E-state index in [0.717, 1.165) is 103 Å². The van der Waals surface area contributed by atoms with Crippen LogP contribution in [0.5, 0.6) is 0 Å². The molecule has 0 aromatic rings. The highest BCUT2D eigenvalue weighted by molar-refractivity contribution is 5.86. The van der Waals surface area contributed by atoms with Crippen molar-refractivity contribution < 1.29 is 23.8 Å². The summed E-state index contributed by atoms with van der Waals surface area (Å²) in [6, 6.07) is 0. The summed E-state index contributed by atoms with van der Waals surface area (Å²) >= 11 is 0. The van der Waals surface area contributed by atoms with Crippen molar-refractivity contribution in [3.63, 3.8) is 0 Å². The van der Waals surface area contributed by atoms with Gasteiger partial charge in [0.1, 0.15) is 0 Å². The summed E-state index contributed by atoms with van der Waals surface area (Å²) in [5.74, 6) is 12.9. The number of esters is 2. The summed E-state index contributed by atoms with van der Waals surface area (Å²) in [6.07, 6.45) is 54.3. The average Bonchev–Trinajstić information content (AvgIpc) is 4.33. The predicted molar refractivity (Wildman–Crippen MR) is 325 cm³/mol. The third-order valence-electron chi connectivity index (χ3n) is 22.4. The normalized spacial score (nSPS) is 31.1. The van der Waals surface area contributed by atoms with Crippen molar-refractivity contribution in [1.29, 1.82) is 0 Å². The molecule has 15 atom stereocenters. The van der Waals surface area contributed by atoms with Crippen molar-refractivity contribution in [3.8, 4) is 0 Å². The molecule has 2 bridgehead atoms. The zero-order chi connectivity index (χ0) is 54.8. The summed E-state index contributed by atoms with van der Waals surface area (Å²) in [6.45, 7) is 25.6. The molecule has 0 heterocycles. The summed E-state index contributed by atoms with van der Waals surface area (Å²) in [7, 11) is 0. The molecule has 0 amide bonds. The Balaban J connectivity index is 0.863. The van der Waals surface area contributed by atoms with Gasteiger partial charge in [-0.15, -0.1) is 0 Å².